The summed E-state index contributed by atoms with van der Waals surface area (Å²) in [6, 6.07) is 6.88. The molecule has 1 atom stereocenters. The topological polar surface area (TPSA) is 117 Å². The number of aryl methyl sites for hydroxylation is 1. The summed E-state index contributed by atoms with van der Waals surface area (Å²) in [6.45, 7) is 0.243. The maximum absolute atomic E-state index is 12.5. The standard InChI is InChI=1S/C16H15ClN8O2/c1-23-8-18-15-14(23)16(27)24(9-19-15)7-13-20-22-25(21-13)6-12(26)10-2-4-11(17)5-3-10/h2-5,8-9,12,26H,6-7H2,1H3. The van der Waals surface area contributed by atoms with Gasteiger partial charge in [0.05, 0.1) is 19.4 Å². The second-order valence-electron chi connectivity index (χ2n) is 6.03. The minimum atomic E-state index is -0.806. The zero-order valence-electron chi connectivity index (χ0n) is 14.3. The highest BCUT2D eigenvalue weighted by atomic mass is 35.5. The molecule has 0 saturated heterocycles. The Bertz CT molecular complexity index is 1150. The van der Waals surface area contributed by atoms with Crippen LogP contribution in [0.25, 0.3) is 11.2 Å². The van der Waals surface area contributed by atoms with Crippen molar-refractivity contribution in [2.24, 2.45) is 7.05 Å². The first-order valence-corrected chi connectivity index (χ1v) is 8.46. The van der Waals surface area contributed by atoms with Crippen LogP contribution in [-0.2, 0) is 20.1 Å². The molecule has 0 aliphatic carbocycles. The van der Waals surface area contributed by atoms with Crippen LogP contribution in [0.5, 0.6) is 0 Å². The van der Waals surface area contributed by atoms with Crippen molar-refractivity contribution in [1.82, 2.24) is 39.3 Å². The molecule has 4 aromatic rings. The summed E-state index contributed by atoms with van der Waals surface area (Å²) in [6.07, 6.45) is 2.14. The lowest BCUT2D eigenvalue weighted by Gasteiger charge is -2.09. The Morgan fingerprint density at radius 2 is 1.93 bits per heavy atom. The smallest absolute Gasteiger partial charge is 0.280 e. The number of aliphatic hydroxyl groups is 1. The summed E-state index contributed by atoms with van der Waals surface area (Å²) >= 11 is 5.85. The zero-order valence-corrected chi connectivity index (χ0v) is 15.0. The van der Waals surface area contributed by atoms with Crippen LogP contribution in [0.15, 0.2) is 41.7 Å². The van der Waals surface area contributed by atoms with E-state index in [9.17, 15) is 9.90 Å². The van der Waals surface area contributed by atoms with Crippen LogP contribution in [0.2, 0.25) is 5.02 Å². The van der Waals surface area contributed by atoms with Crippen LogP contribution in [0, 0.1) is 0 Å². The molecule has 1 N–H and O–H groups in total. The molecule has 4 rings (SSSR count). The van der Waals surface area contributed by atoms with Gasteiger partial charge in [0, 0.05) is 12.1 Å². The molecule has 0 radical (unpaired) electrons. The van der Waals surface area contributed by atoms with Crippen molar-refractivity contribution in [3.63, 3.8) is 0 Å². The fourth-order valence-corrected chi connectivity index (χ4v) is 2.82. The number of benzene rings is 1. The number of tetrazole rings is 1. The van der Waals surface area contributed by atoms with E-state index < -0.39 is 6.10 Å². The Hall–Kier alpha value is -3.11. The number of fused-ring (bicyclic) bond motifs is 1. The molecule has 1 unspecified atom stereocenters. The van der Waals surface area contributed by atoms with Crippen LogP contribution < -0.4 is 5.56 Å². The second kappa shape index (κ2) is 6.89. The van der Waals surface area contributed by atoms with Gasteiger partial charge in [-0.1, -0.05) is 23.7 Å². The maximum atomic E-state index is 12.5. The summed E-state index contributed by atoms with van der Waals surface area (Å²) in [7, 11) is 1.73. The number of halogens is 1. The minimum absolute atomic E-state index is 0.115. The Labute approximate surface area is 157 Å². The highest BCUT2D eigenvalue weighted by Gasteiger charge is 2.14. The van der Waals surface area contributed by atoms with E-state index in [0.29, 0.717) is 27.6 Å². The van der Waals surface area contributed by atoms with E-state index in [4.69, 9.17) is 11.6 Å². The van der Waals surface area contributed by atoms with Gasteiger partial charge in [-0.25, -0.2) is 9.97 Å². The second-order valence-corrected chi connectivity index (χ2v) is 6.47. The van der Waals surface area contributed by atoms with Gasteiger partial charge in [0.2, 0.25) is 0 Å². The largest absolute Gasteiger partial charge is 0.386 e. The highest BCUT2D eigenvalue weighted by molar-refractivity contribution is 6.30. The van der Waals surface area contributed by atoms with Crippen molar-refractivity contribution in [2.75, 3.05) is 0 Å². The third-order valence-corrected chi connectivity index (χ3v) is 4.35. The average Bonchev–Trinajstić information content (AvgIpc) is 3.25. The number of nitrogens with zero attached hydrogens (tertiary/aromatic N) is 8. The van der Waals surface area contributed by atoms with Crippen LogP contribution in [0.1, 0.15) is 17.5 Å². The molecule has 27 heavy (non-hydrogen) atoms. The molecule has 0 fully saturated rings. The van der Waals surface area contributed by atoms with Crippen LogP contribution in [0.3, 0.4) is 0 Å². The van der Waals surface area contributed by atoms with Crippen molar-refractivity contribution in [3.8, 4) is 0 Å². The van der Waals surface area contributed by atoms with Gasteiger partial charge in [-0.2, -0.15) is 4.80 Å². The predicted octanol–water partition coefficient (Wildman–Crippen LogP) is 0.552. The third-order valence-electron chi connectivity index (χ3n) is 4.10. The molecule has 3 heterocycles. The van der Waals surface area contributed by atoms with Gasteiger partial charge in [0.1, 0.15) is 12.4 Å². The summed E-state index contributed by atoms with van der Waals surface area (Å²) in [5.74, 6) is 0.337. The van der Waals surface area contributed by atoms with Gasteiger partial charge in [-0.05, 0) is 22.9 Å². The Morgan fingerprint density at radius 3 is 2.70 bits per heavy atom. The van der Waals surface area contributed by atoms with Crippen LogP contribution in [0.4, 0.5) is 0 Å². The Kier molecular flexibility index (Phi) is 4.42. The number of rotatable bonds is 5. The van der Waals surface area contributed by atoms with Gasteiger partial charge < -0.3 is 9.67 Å². The Morgan fingerprint density at radius 1 is 1.19 bits per heavy atom. The summed E-state index contributed by atoms with van der Waals surface area (Å²) in [5.41, 5.74) is 1.25. The van der Waals surface area contributed by atoms with E-state index in [0.717, 1.165) is 0 Å². The number of hydrogen-bond acceptors (Lipinski definition) is 7. The molecule has 1 aromatic carbocycles. The molecule has 11 heteroatoms. The molecular formula is C16H15ClN8O2. The van der Waals surface area contributed by atoms with Gasteiger partial charge in [0.25, 0.3) is 5.56 Å². The van der Waals surface area contributed by atoms with E-state index in [1.165, 1.54) is 22.0 Å². The molecule has 138 valence electrons. The Balaban J connectivity index is 1.51. The van der Waals surface area contributed by atoms with E-state index >= 15 is 0 Å². The fraction of sp³-hybridized carbons (Fsp3) is 0.250. The maximum Gasteiger partial charge on any atom is 0.280 e. The molecule has 3 aromatic heterocycles. The first kappa shape index (κ1) is 17.3. The molecule has 0 spiro atoms. The minimum Gasteiger partial charge on any atom is -0.386 e. The number of hydrogen-bond donors (Lipinski definition) is 1. The molecule has 0 aliphatic heterocycles. The van der Waals surface area contributed by atoms with E-state index in [2.05, 4.69) is 25.4 Å². The lowest BCUT2D eigenvalue weighted by atomic mass is 10.1. The highest BCUT2D eigenvalue weighted by Crippen LogP contribution is 2.17. The monoisotopic (exact) mass is 386 g/mol. The van der Waals surface area contributed by atoms with E-state index in [-0.39, 0.29) is 18.6 Å². The first-order valence-electron chi connectivity index (χ1n) is 8.08. The molecular weight excluding hydrogens is 372 g/mol. The van der Waals surface area contributed by atoms with Crippen LogP contribution >= 0.6 is 11.6 Å². The van der Waals surface area contributed by atoms with Gasteiger partial charge in [0.15, 0.2) is 17.0 Å². The lowest BCUT2D eigenvalue weighted by molar-refractivity contribution is 0.144. The van der Waals surface area contributed by atoms with Crippen LogP contribution in [-0.4, -0.2) is 44.4 Å². The average molecular weight is 387 g/mol. The SMILES string of the molecule is Cn1cnc2ncn(Cc3nnn(CC(O)c4ccc(Cl)cc4)n3)c(=O)c21. The summed E-state index contributed by atoms with van der Waals surface area (Å²) < 4.78 is 3.01. The number of aliphatic hydroxyl groups excluding tert-OH is 1. The lowest BCUT2D eigenvalue weighted by Crippen LogP contribution is -2.23. The van der Waals surface area contributed by atoms with E-state index in [1.54, 1.807) is 35.9 Å². The number of imidazole rings is 1. The van der Waals surface area contributed by atoms with Gasteiger partial charge >= 0.3 is 0 Å². The quantitative estimate of drug-likeness (QED) is 0.532. The molecule has 10 nitrogen and oxygen atoms in total. The van der Waals surface area contributed by atoms with Crippen molar-refractivity contribution < 1.29 is 5.11 Å². The molecule has 0 aliphatic rings. The van der Waals surface area contributed by atoms with Gasteiger partial charge in [-0.15, -0.1) is 10.2 Å². The van der Waals surface area contributed by atoms with Crippen molar-refractivity contribution in [3.05, 3.63) is 63.7 Å². The number of aromatic nitrogens is 8. The zero-order chi connectivity index (χ0) is 19.0. The first-order chi connectivity index (χ1) is 13.0. The molecule has 0 bridgehead atoms. The normalized spacial score (nSPS) is 12.6. The molecule has 0 amide bonds. The fourth-order valence-electron chi connectivity index (χ4n) is 2.70. The van der Waals surface area contributed by atoms with E-state index in [1.807, 2.05) is 0 Å². The predicted molar refractivity (Wildman–Crippen MR) is 96.1 cm³/mol. The summed E-state index contributed by atoms with van der Waals surface area (Å²) in [4.78, 5) is 22.0. The van der Waals surface area contributed by atoms with Crippen molar-refractivity contribution in [1.29, 1.82) is 0 Å². The third kappa shape index (κ3) is 3.44. The van der Waals surface area contributed by atoms with Crippen molar-refractivity contribution in [2.45, 2.75) is 19.2 Å². The van der Waals surface area contributed by atoms with Crippen molar-refractivity contribution >= 4 is 22.8 Å². The van der Waals surface area contributed by atoms with Gasteiger partial charge in [-0.3, -0.25) is 9.36 Å². The summed E-state index contributed by atoms with van der Waals surface area (Å²) in [5, 5.41) is 23.0. The molecule has 0 saturated carbocycles.